The first-order chi connectivity index (χ1) is 13.8. The van der Waals surface area contributed by atoms with E-state index in [1.807, 2.05) is 12.2 Å². The van der Waals surface area contributed by atoms with Crippen LogP contribution in [0.4, 0.5) is 0 Å². The summed E-state index contributed by atoms with van der Waals surface area (Å²) in [5, 5.41) is 5.74. The van der Waals surface area contributed by atoms with E-state index in [-0.39, 0.29) is 24.8 Å². The van der Waals surface area contributed by atoms with Crippen LogP contribution in [0.5, 0.6) is 0 Å². The number of fused-ring (bicyclic) bond motifs is 1. The zero-order valence-electron chi connectivity index (χ0n) is 16.6. The van der Waals surface area contributed by atoms with Crippen molar-refractivity contribution in [3.63, 3.8) is 0 Å². The average molecular weight is 614 g/mol. The summed E-state index contributed by atoms with van der Waals surface area (Å²) < 4.78 is 0. The molecule has 0 amide bonds. The number of benzene rings is 3. The van der Waals surface area contributed by atoms with Gasteiger partial charge in [0.2, 0.25) is 0 Å². The summed E-state index contributed by atoms with van der Waals surface area (Å²) in [6.45, 7) is 0. The third kappa shape index (κ3) is 8.65. The van der Waals surface area contributed by atoms with Crippen molar-refractivity contribution < 1.29 is 23.0 Å². The van der Waals surface area contributed by atoms with Gasteiger partial charge < -0.3 is 0 Å². The minimum atomic E-state index is -0.406. The van der Waals surface area contributed by atoms with E-state index in [4.69, 9.17) is 0 Å². The summed E-state index contributed by atoms with van der Waals surface area (Å²) in [4.78, 5) is 0. The van der Waals surface area contributed by atoms with Crippen LogP contribution in [0, 0.1) is 6.08 Å². The van der Waals surface area contributed by atoms with Crippen molar-refractivity contribution in [3.05, 3.63) is 127 Å². The van der Waals surface area contributed by atoms with Gasteiger partial charge in [-0.1, -0.05) is 6.07 Å². The summed E-state index contributed by atoms with van der Waals surface area (Å²) >= 11 is 1.27. The second-order valence-electron chi connectivity index (χ2n) is 6.26. The summed E-state index contributed by atoms with van der Waals surface area (Å²) in [7, 11) is 0. The fraction of sp³-hybridized carbons (Fsp3) is 0.0385. The van der Waals surface area contributed by atoms with Gasteiger partial charge in [-0.3, -0.25) is 6.08 Å². The molecule has 30 heavy (non-hydrogen) atoms. The Morgan fingerprint density at radius 1 is 0.733 bits per heavy atom. The van der Waals surface area contributed by atoms with E-state index in [0.717, 1.165) is 6.42 Å². The third-order valence-corrected chi connectivity index (χ3v) is 12.3. The van der Waals surface area contributed by atoms with Gasteiger partial charge in [0.1, 0.15) is 0 Å². The monoisotopic (exact) mass is 614 g/mol. The van der Waals surface area contributed by atoms with Crippen LogP contribution in [-0.4, -0.2) is 5.49 Å². The zero-order valence-corrected chi connectivity index (χ0v) is 22.8. The number of rotatable bonds is 2. The summed E-state index contributed by atoms with van der Waals surface area (Å²) in [6, 6.07) is 36.4. The van der Waals surface area contributed by atoms with Gasteiger partial charge in [0, 0.05) is 0 Å². The number of halogens is 2. The van der Waals surface area contributed by atoms with Gasteiger partial charge in [-0.25, -0.2) is 12.2 Å². The molecule has 0 saturated carbocycles. The normalized spacial score (nSPS) is 10.6. The maximum atomic E-state index is 2.99. The average Bonchev–Trinajstić information content (AvgIpc) is 3.50. The van der Waals surface area contributed by atoms with E-state index < -0.39 is 5.49 Å². The molecule has 4 aromatic carbocycles. The number of hydrogen-bond donors (Lipinski definition) is 0. The predicted octanol–water partition coefficient (Wildman–Crippen LogP) is 6.05. The predicted molar refractivity (Wildman–Crippen MR) is 134 cm³/mol. The fourth-order valence-corrected chi connectivity index (χ4v) is 7.76. The summed E-state index contributed by atoms with van der Waals surface area (Å²) in [5.41, 5.74) is -0.406. The zero-order chi connectivity index (χ0) is 19.4. The Labute approximate surface area is 207 Å². The molecule has 1 aliphatic carbocycles. The van der Waals surface area contributed by atoms with E-state index in [2.05, 4.69) is 115 Å². The molecule has 4 heteroatoms. The van der Waals surface area contributed by atoms with Crippen LogP contribution < -0.4 is 10.4 Å². The molecule has 0 bridgehead atoms. The molecule has 0 N–H and O–H groups in total. The quantitative estimate of drug-likeness (QED) is 0.191. The smallest absolute Gasteiger partial charge is 0.0809 e. The van der Waals surface area contributed by atoms with Gasteiger partial charge in [-0.15, -0.1) is 60.9 Å². The molecule has 0 atom stereocenters. The van der Waals surface area contributed by atoms with Crippen LogP contribution in [0.15, 0.2) is 121 Å². The molecule has 4 aromatic rings. The Kier molecular flexibility index (Phi) is 13.4. The minimum absolute atomic E-state index is 0. The van der Waals surface area contributed by atoms with Crippen LogP contribution in [0.1, 0.15) is 6.42 Å². The molecule has 5 rings (SSSR count). The third-order valence-electron chi connectivity index (χ3n) is 4.26. The van der Waals surface area contributed by atoms with Crippen LogP contribution in [0.25, 0.3) is 10.8 Å². The van der Waals surface area contributed by atoms with Crippen molar-refractivity contribution in [2.24, 2.45) is 0 Å². The van der Waals surface area contributed by atoms with Gasteiger partial charge in [0.05, 0.1) is 0 Å². The Hall–Kier alpha value is -1.58. The van der Waals surface area contributed by atoms with Crippen molar-refractivity contribution >= 4 is 51.5 Å². The van der Waals surface area contributed by atoms with Crippen molar-refractivity contribution in [1.82, 2.24) is 0 Å². The second-order valence-corrected chi connectivity index (χ2v) is 13.6. The molecular weight excluding hydrogens is 590 g/mol. The van der Waals surface area contributed by atoms with Crippen LogP contribution >= 0.6 is 24.8 Å². The standard InChI is InChI=1S/C12H10Si.C9H7.C5H5.2ClH.Hf/c1-3-7-11(8-4-1)13-12-9-5-2-6-10-12;1-2-5-9-7-3-6-8(9)4-1;1-2-4-5-3-1;;;/h1-10H;1-7H;1-3H,4H2;2*1H;/q;2*-1;;;+2. The molecule has 0 heterocycles. The van der Waals surface area contributed by atoms with E-state index >= 15 is 0 Å². The van der Waals surface area contributed by atoms with Gasteiger partial charge in [0.25, 0.3) is 0 Å². The number of hydrogen-bond acceptors (Lipinski definition) is 0. The fourth-order valence-electron chi connectivity index (χ4n) is 2.79. The van der Waals surface area contributed by atoms with E-state index in [1.54, 1.807) is 0 Å². The molecule has 150 valence electrons. The van der Waals surface area contributed by atoms with Crippen molar-refractivity contribution in [2.75, 3.05) is 0 Å². The van der Waals surface area contributed by atoms with Crippen LogP contribution in [-0.2, 0) is 23.0 Å². The molecule has 0 radical (unpaired) electrons. The topological polar surface area (TPSA) is 0 Å². The first kappa shape index (κ1) is 26.5. The second kappa shape index (κ2) is 15.3. The van der Waals surface area contributed by atoms with Crippen LogP contribution in [0.2, 0.25) is 0 Å². The molecular formula is C26H24Cl2HfSi. The molecule has 0 nitrogen and oxygen atoms in total. The van der Waals surface area contributed by atoms with Gasteiger partial charge in [0.15, 0.2) is 0 Å². The Morgan fingerprint density at radius 3 is 1.77 bits per heavy atom. The molecule has 0 unspecified atom stereocenters. The van der Waals surface area contributed by atoms with Gasteiger partial charge in [-0.2, -0.15) is 23.6 Å². The molecule has 0 fully saturated rings. The summed E-state index contributed by atoms with van der Waals surface area (Å²) in [6.07, 6.45) is 10.0. The molecule has 0 aromatic heterocycles. The maximum absolute atomic E-state index is 2.99. The van der Waals surface area contributed by atoms with Crippen LogP contribution in [0.3, 0.4) is 0 Å². The molecule has 0 spiro atoms. The van der Waals surface area contributed by atoms with E-state index in [0.29, 0.717) is 0 Å². The molecule has 0 saturated heterocycles. The number of allylic oxidation sites excluding steroid dienone is 4. The minimum Gasteiger partial charge on any atom is -0.168 e. The van der Waals surface area contributed by atoms with Crippen molar-refractivity contribution in [1.29, 1.82) is 0 Å². The van der Waals surface area contributed by atoms with E-state index in [9.17, 15) is 0 Å². The van der Waals surface area contributed by atoms with Crippen molar-refractivity contribution in [3.8, 4) is 0 Å². The van der Waals surface area contributed by atoms with Crippen molar-refractivity contribution in [2.45, 2.75) is 6.42 Å². The first-order valence-corrected chi connectivity index (χ1v) is 16.2. The largest absolute Gasteiger partial charge is 0.168 e. The Morgan fingerprint density at radius 2 is 1.30 bits per heavy atom. The Balaban J connectivity index is 0.000000242. The molecule has 0 aliphatic heterocycles. The maximum Gasteiger partial charge on any atom is -0.0809 e. The molecule has 1 aliphatic rings. The van der Waals surface area contributed by atoms with Gasteiger partial charge >= 0.3 is 99.5 Å². The Bertz CT molecular complexity index is 972. The van der Waals surface area contributed by atoms with Gasteiger partial charge in [-0.05, 0) is 0 Å². The SMILES string of the molecule is Cl.Cl.[C-]1=CC=CC1.[Hf+2]=[Si](c1ccccc1)c1ccccc1.c1ccc2[cH-]ccc2c1. The summed E-state index contributed by atoms with van der Waals surface area (Å²) in [5.74, 6) is 0. The first-order valence-electron chi connectivity index (χ1n) is 9.36. The van der Waals surface area contributed by atoms with E-state index in [1.165, 1.54) is 44.1 Å².